The highest BCUT2D eigenvalue weighted by Gasteiger charge is 2.48. The van der Waals surface area contributed by atoms with Crippen molar-refractivity contribution in [1.82, 2.24) is 4.57 Å². The van der Waals surface area contributed by atoms with Crippen LogP contribution >= 0.6 is 11.3 Å². The van der Waals surface area contributed by atoms with E-state index in [-0.39, 0.29) is 33.8 Å². The quantitative estimate of drug-likeness (QED) is 0.163. The van der Waals surface area contributed by atoms with Crippen LogP contribution in [-0.4, -0.2) is 11.3 Å². The number of hydrogen-bond donors (Lipinski definition) is 0. The average Bonchev–Trinajstić information content (AvgIpc) is 4.00. The minimum atomic E-state index is -0.170. The van der Waals surface area contributed by atoms with Gasteiger partial charge in [0.25, 0.3) is 6.71 Å². The molecule has 0 radical (unpaired) electrons. The third-order valence-electron chi connectivity index (χ3n) is 17.6. The predicted molar refractivity (Wildman–Crippen MR) is 332 cm³/mol. The Kier molecular flexibility index (Phi) is 10.3. The average molecular weight is 1010 g/mol. The van der Waals surface area contributed by atoms with Crippen molar-refractivity contribution >= 4 is 99.6 Å². The number of hydrogen-bond acceptors (Lipinski definition) is 3. The minimum Gasteiger partial charge on any atom is -0.310 e. The summed E-state index contributed by atoms with van der Waals surface area (Å²) in [5.41, 5.74) is 27.1. The summed E-state index contributed by atoms with van der Waals surface area (Å²) in [4.78, 5) is 5.25. The molecule has 0 unspecified atom stereocenters. The summed E-state index contributed by atoms with van der Waals surface area (Å²) in [6.45, 7) is 37.5. The summed E-state index contributed by atoms with van der Waals surface area (Å²) >= 11 is 1.95. The molecule has 0 saturated heterocycles. The molecule has 3 nitrogen and oxygen atoms in total. The normalized spacial score (nSPS) is 14.6. The Morgan fingerprint density at radius 3 is 1.72 bits per heavy atom. The molecule has 3 aliphatic rings. The number of anilines is 6. The van der Waals surface area contributed by atoms with Gasteiger partial charge < -0.3 is 14.4 Å². The fourth-order valence-corrected chi connectivity index (χ4v) is 14.6. The van der Waals surface area contributed by atoms with Gasteiger partial charge >= 0.3 is 0 Å². The molecule has 0 saturated carbocycles. The Morgan fingerprint density at radius 2 is 1.08 bits per heavy atom. The second kappa shape index (κ2) is 16.1. The summed E-state index contributed by atoms with van der Waals surface area (Å²) in [6.07, 6.45) is 0. The second-order valence-corrected chi connectivity index (χ2v) is 28.3. The van der Waals surface area contributed by atoms with Crippen molar-refractivity contribution in [2.45, 2.75) is 138 Å². The van der Waals surface area contributed by atoms with Crippen LogP contribution in [0, 0.1) is 13.8 Å². The first-order chi connectivity index (χ1) is 35.8. The van der Waals surface area contributed by atoms with Gasteiger partial charge in [0, 0.05) is 71.5 Å². The number of thiophene rings is 1. The minimum absolute atomic E-state index is 0.00563. The molecule has 13 rings (SSSR count). The lowest BCUT2D eigenvalue weighted by Gasteiger charge is -2.42. The van der Waals surface area contributed by atoms with Gasteiger partial charge in [-0.2, -0.15) is 0 Å². The van der Waals surface area contributed by atoms with E-state index >= 15 is 0 Å². The number of benzene rings is 8. The van der Waals surface area contributed by atoms with Crippen LogP contribution < -0.4 is 26.2 Å². The van der Waals surface area contributed by atoms with Crippen LogP contribution in [-0.2, 0) is 27.1 Å². The molecule has 10 aromatic rings. The van der Waals surface area contributed by atoms with E-state index in [9.17, 15) is 0 Å². The Bertz CT molecular complexity index is 4050. The van der Waals surface area contributed by atoms with Crippen molar-refractivity contribution in [2.24, 2.45) is 0 Å². The highest BCUT2D eigenvalue weighted by Crippen LogP contribution is 2.56. The number of rotatable bonds is 4. The molecule has 5 heteroatoms. The number of fused-ring (bicyclic) bond motifs is 12. The molecule has 2 aromatic heterocycles. The molecule has 0 bridgehead atoms. The number of aromatic nitrogens is 1. The third kappa shape index (κ3) is 7.06. The van der Waals surface area contributed by atoms with Crippen LogP contribution in [0.15, 0.2) is 146 Å². The zero-order chi connectivity index (χ0) is 53.5. The Labute approximate surface area is 456 Å². The smallest absolute Gasteiger partial charge is 0.252 e. The van der Waals surface area contributed by atoms with E-state index in [2.05, 4.69) is 271 Å². The maximum Gasteiger partial charge on any atom is 0.252 e. The van der Waals surface area contributed by atoms with Gasteiger partial charge in [-0.1, -0.05) is 194 Å². The van der Waals surface area contributed by atoms with Crippen molar-refractivity contribution in [3.05, 3.63) is 190 Å². The summed E-state index contributed by atoms with van der Waals surface area (Å²) in [5, 5.41) is 3.99. The van der Waals surface area contributed by atoms with Crippen LogP contribution in [0.2, 0.25) is 0 Å². The van der Waals surface area contributed by atoms with Crippen molar-refractivity contribution in [2.75, 3.05) is 9.80 Å². The molecule has 0 atom stereocenters. The monoisotopic (exact) mass is 1010 g/mol. The van der Waals surface area contributed by atoms with Crippen LogP contribution in [0.25, 0.3) is 48.0 Å². The standard InChI is InChI=1S/C71H72BN3S/c1-41-35-43(67(3,4)5)28-33-55(41)73(56-34-29-44(36-42(56)2)68(6,7)8)47-30-32-53-58(40-47)74(57-26-20-22-49-48-31-27-45(69(9,10)11)39-61(48)76-66(49)57)59-37-46(70(12,13)14)38-60-63(59)72(53)54-25-19-23-51-62-65(75(60)64(51)54)50-21-17-18-24-52(50)71(62,15)16/h17-40H,1-16H3. The van der Waals surface area contributed by atoms with Crippen molar-refractivity contribution in [1.29, 1.82) is 0 Å². The molecule has 2 aliphatic heterocycles. The third-order valence-corrected chi connectivity index (χ3v) is 18.8. The first-order valence-corrected chi connectivity index (χ1v) is 28.5. The van der Waals surface area contributed by atoms with Gasteiger partial charge in [0.2, 0.25) is 0 Å². The largest absolute Gasteiger partial charge is 0.310 e. The van der Waals surface area contributed by atoms with Crippen LogP contribution in [0.5, 0.6) is 0 Å². The van der Waals surface area contributed by atoms with E-state index in [4.69, 9.17) is 0 Å². The van der Waals surface area contributed by atoms with Gasteiger partial charge in [0.15, 0.2) is 0 Å². The van der Waals surface area contributed by atoms with Crippen LogP contribution in [0.4, 0.5) is 34.1 Å². The number of para-hydroxylation sites is 1. The molecular weight excluding hydrogens is 938 g/mol. The zero-order valence-electron chi connectivity index (χ0n) is 47.7. The molecule has 8 aromatic carbocycles. The predicted octanol–water partition coefficient (Wildman–Crippen LogP) is 18.2. The molecule has 0 N–H and O–H groups in total. The van der Waals surface area contributed by atoms with Gasteiger partial charge in [-0.15, -0.1) is 11.3 Å². The summed E-state index contributed by atoms with van der Waals surface area (Å²) in [5.74, 6) is 0. The topological polar surface area (TPSA) is 11.4 Å². The maximum atomic E-state index is 2.71. The number of aryl methyl sites for hydroxylation is 2. The van der Waals surface area contributed by atoms with Crippen LogP contribution in [0.3, 0.4) is 0 Å². The molecule has 4 heterocycles. The summed E-state index contributed by atoms with van der Waals surface area (Å²) in [6, 6.07) is 57.5. The molecule has 0 fully saturated rings. The first-order valence-electron chi connectivity index (χ1n) is 27.7. The maximum absolute atomic E-state index is 2.71. The fourth-order valence-electron chi connectivity index (χ4n) is 13.4. The van der Waals surface area contributed by atoms with Gasteiger partial charge in [0.05, 0.1) is 16.1 Å². The van der Waals surface area contributed by atoms with E-state index < -0.39 is 0 Å². The summed E-state index contributed by atoms with van der Waals surface area (Å²) in [7, 11) is 0. The molecule has 1 aliphatic carbocycles. The van der Waals surface area contributed by atoms with E-state index in [0.29, 0.717) is 0 Å². The van der Waals surface area contributed by atoms with E-state index in [1.54, 1.807) is 0 Å². The van der Waals surface area contributed by atoms with Gasteiger partial charge in [0.1, 0.15) is 0 Å². The Morgan fingerprint density at radius 1 is 0.487 bits per heavy atom. The van der Waals surface area contributed by atoms with E-state index in [1.165, 1.54) is 137 Å². The Hall–Kier alpha value is -6.82. The van der Waals surface area contributed by atoms with Gasteiger partial charge in [-0.25, -0.2) is 0 Å². The van der Waals surface area contributed by atoms with Gasteiger partial charge in [-0.3, -0.25) is 0 Å². The lowest BCUT2D eigenvalue weighted by molar-refractivity contribution is 0.589. The fraction of sp³-hybridized carbons (Fsp3) is 0.296. The lowest BCUT2D eigenvalue weighted by atomic mass is 9.33. The zero-order valence-corrected chi connectivity index (χ0v) is 48.5. The molecular formula is C71H72BN3S. The first kappa shape index (κ1) is 48.8. The SMILES string of the molecule is Cc1cc(C(C)(C)C)ccc1N(c1ccc2c(c1)N(c1cccc3c1sc1cc(C(C)(C)C)ccc13)c1cc(C(C)(C)C)cc3c1B2c1cccc2c4c(n-3c12)-c1ccccc1C4(C)C)c1ccc(C(C)(C)C)cc1C. The highest BCUT2D eigenvalue weighted by molar-refractivity contribution is 7.26. The summed E-state index contributed by atoms with van der Waals surface area (Å²) < 4.78 is 5.35. The molecule has 76 heavy (non-hydrogen) atoms. The van der Waals surface area contributed by atoms with Crippen molar-refractivity contribution in [3.8, 4) is 16.9 Å². The van der Waals surface area contributed by atoms with Gasteiger partial charge in [-0.05, 0) is 145 Å². The lowest BCUT2D eigenvalue weighted by Crippen LogP contribution is -2.60. The highest BCUT2D eigenvalue weighted by atomic mass is 32.1. The number of nitrogens with zero attached hydrogens (tertiary/aromatic N) is 3. The van der Waals surface area contributed by atoms with E-state index in [1.807, 2.05) is 11.3 Å². The Balaban J connectivity index is 1.16. The van der Waals surface area contributed by atoms with E-state index in [0.717, 1.165) is 5.69 Å². The molecule has 0 amide bonds. The van der Waals surface area contributed by atoms with Crippen molar-refractivity contribution < 1.29 is 0 Å². The van der Waals surface area contributed by atoms with Crippen LogP contribution in [0.1, 0.15) is 141 Å². The second-order valence-electron chi connectivity index (χ2n) is 27.2. The van der Waals surface area contributed by atoms with Crippen molar-refractivity contribution in [3.63, 3.8) is 0 Å². The molecule has 0 spiro atoms. The molecule has 380 valence electrons.